The van der Waals surface area contributed by atoms with Crippen LogP contribution in [-0.4, -0.2) is 37.3 Å². The summed E-state index contributed by atoms with van der Waals surface area (Å²) in [7, 11) is 0. The summed E-state index contributed by atoms with van der Waals surface area (Å²) in [5, 5.41) is 7.37. The van der Waals surface area contributed by atoms with Crippen molar-refractivity contribution in [2.45, 2.75) is 70.6 Å². The van der Waals surface area contributed by atoms with Gasteiger partial charge in [0.2, 0.25) is 0 Å². The first-order valence-electron chi connectivity index (χ1n) is 9.94. The Hall–Kier alpha value is -1.49. The van der Waals surface area contributed by atoms with Gasteiger partial charge in [-0.15, -0.1) is 0 Å². The molecular weight excluding hydrogens is 314 g/mol. The van der Waals surface area contributed by atoms with Gasteiger partial charge in [-0.05, 0) is 44.7 Å². The van der Waals surface area contributed by atoms with Gasteiger partial charge in [-0.25, -0.2) is 0 Å². The Bertz CT molecular complexity index is 594. The summed E-state index contributed by atoms with van der Waals surface area (Å²) < 4.78 is 11.5. The van der Waals surface area contributed by atoms with Crippen LogP contribution in [-0.2, 0) is 11.2 Å². The van der Waals surface area contributed by atoms with Crippen LogP contribution in [0, 0.1) is 11.3 Å². The largest absolute Gasteiger partial charge is 0.469 e. The minimum absolute atomic E-state index is 0.375. The molecule has 2 aliphatic carbocycles. The summed E-state index contributed by atoms with van der Waals surface area (Å²) in [6.07, 6.45) is 9.28. The van der Waals surface area contributed by atoms with Crippen LogP contribution in [0.1, 0.15) is 51.7 Å². The van der Waals surface area contributed by atoms with Gasteiger partial charge in [-0.3, -0.25) is 4.99 Å². The van der Waals surface area contributed by atoms with Crippen molar-refractivity contribution in [3.63, 3.8) is 0 Å². The zero-order valence-corrected chi connectivity index (χ0v) is 15.5. The summed E-state index contributed by atoms with van der Waals surface area (Å²) in [5.74, 6) is 2.62. The molecule has 3 aliphatic rings. The monoisotopic (exact) mass is 345 g/mol. The number of aliphatic imine (C=N–C) groups is 1. The number of furan rings is 1. The van der Waals surface area contributed by atoms with Crippen LogP contribution < -0.4 is 10.6 Å². The molecule has 4 unspecified atom stereocenters. The summed E-state index contributed by atoms with van der Waals surface area (Å²) in [5.41, 5.74) is 0.375. The van der Waals surface area contributed by atoms with Crippen LogP contribution in [0.15, 0.2) is 27.8 Å². The number of fused-ring (bicyclic) bond motifs is 2. The van der Waals surface area contributed by atoms with Gasteiger partial charge in [0.1, 0.15) is 5.76 Å². The number of guanidine groups is 1. The van der Waals surface area contributed by atoms with Gasteiger partial charge in [-0.1, -0.05) is 13.3 Å². The van der Waals surface area contributed by atoms with E-state index < -0.39 is 0 Å². The van der Waals surface area contributed by atoms with E-state index in [1.165, 1.54) is 25.7 Å². The molecule has 4 atom stereocenters. The molecule has 5 heteroatoms. The molecule has 1 saturated heterocycles. The maximum Gasteiger partial charge on any atom is 0.191 e. The number of hydrogen-bond donors (Lipinski definition) is 2. The van der Waals surface area contributed by atoms with Crippen molar-refractivity contribution in [2.24, 2.45) is 16.3 Å². The van der Waals surface area contributed by atoms with Gasteiger partial charge in [-0.2, -0.15) is 0 Å². The molecule has 1 spiro atoms. The van der Waals surface area contributed by atoms with Crippen LogP contribution in [0.5, 0.6) is 0 Å². The topological polar surface area (TPSA) is 58.8 Å². The molecule has 2 heterocycles. The molecule has 138 valence electrons. The Balaban J connectivity index is 1.42. The first-order valence-corrected chi connectivity index (χ1v) is 9.94. The van der Waals surface area contributed by atoms with Gasteiger partial charge in [0.25, 0.3) is 0 Å². The molecule has 1 aromatic heterocycles. The lowest BCUT2D eigenvalue weighted by Gasteiger charge is -2.63. The van der Waals surface area contributed by atoms with E-state index in [2.05, 4.69) is 24.5 Å². The SMILES string of the molecule is CCC(C)NC(=NCCc1ccco1)NC1C2CCOC2C12CCC2. The smallest absolute Gasteiger partial charge is 0.191 e. The molecule has 25 heavy (non-hydrogen) atoms. The van der Waals surface area contributed by atoms with Crippen molar-refractivity contribution in [1.82, 2.24) is 10.6 Å². The fraction of sp³-hybridized carbons (Fsp3) is 0.750. The highest BCUT2D eigenvalue weighted by Gasteiger charge is 2.66. The third-order valence-corrected chi connectivity index (χ3v) is 6.53. The molecule has 1 aliphatic heterocycles. The minimum atomic E-state index is 0.375. The van der Waals surface area contributed by atoms with Crippen LogP contribution in [0.25, 0.3) is 0 Å². The molecule has 2 saturated carbocycles. The number of rotatable bonds is 6. The molecule has 3 fully saturated rings. The second-order valence-corrected chi connectivity index (χ2v) is 7.97. The van der Waals surface area contributed by atoms with Gasteiger partial charge >= 0.3 is 0 Å². The maximum absolute atomic E-state index is 6.04. The highest BCUT2D eigenvalue weighted by molar-refractivity contribution is 5.80. The fourth-order valence-corrected chi connectivity index (χ4v) is 4.80. The van der Waals surface area contributed by atoms with Crippen molar-refractivity contribution in [3.8, 4) is 0 Å². The van der Waals surface area contributed by atoms with Crippen molar-refractivity contribution < 1.29 is 9.15 Å². The zero-order chi connectivity index (χ0) is 17.3. The Morgan fingerprint density at radius 2 is 2.32 bits per heavy atom. The molecule has 1 aromatic rings. The number of ether oxygens (including phenoxy) is 1. The number of hydrogen-bond acceptors (Lipinski definition) is 3. The maximum atomic E-state index is 6.04. The van der Waals surface area contributed by atoms with Crippen LogP contribution in [0.4, 0.5) is 0 Å². The highest BCUT2D eigenvalue weighted by Crippen LogP contribution is 2.62. The first kappa shape index (κ1) is 17.0. The summed E-state index contributed by atoms with van der Waals surface area (Å²) in [4.78, 5) is 4.84. The molecule has 5 nitrogen and oxygen atoms in total. The normalized spacial score (nSPS) is 31.1. The molecule has 0 amide bonds. The van der Waals surface area contributed by atoms with E-state index in [4.69, 9.17) is 14.1 Å². The average Bonchev–Trinajstić information content (AvgIpc) is 3.21. The second kappa shape index (κ2) is 7.02. The lowest BCUT2D eigenvalue weighted by molar-refractivity contribution is -0.171. The second-order valence-electron chi connectivity index (χ2n) is 7.97. The van der Waals surface area contributed by atoms with Gasteiger partial charge < -0.3 is 19.8 Å². The molecular formula is C20H31N3O2. The van der Waals surface area contributed by atoms with Crippen LogP contribution in [0.2, 0.25) is 0 Å². The zero-order valence-electron chi connectivity index (χ0n) is 15.5. The Morgan fingerprint density at radius 3 is 3.00 bits per heavy atom. The van der Waals surface area contributed by atoms with E-state index in [9.17, 15) is 0 Å². The molecule has 4 rings (SSSR count). The average molecular weight is 345 g/mol. The Kier molecular flexibility index (Phi) is 4.76. The van der Waals surface area contributed by atoms with Crippen molar-refractivity contribution >= 4 is 5.96 Å². The number of nitrogens with zero attached hydrogens (tertiary/aromatic N) is 1. The first-order chi connectivity index (χ1) is 12.2. The van der Waals surface area contributed by atoms with E-state index in [1.54, 1.807) is 6.26 Å². The van der Waals surface area contributed by atoms with E-state index >= 15 is 0 Å². The molecule has 2 N–H and O–H groups in total. The van der Waals surface area contributed by atoms with Crippen LogP contribution >= 0.6 is 0 Å². The third kappa shape index (κ3) is 3.07. The molecule has 0 radical (unpaired) electrons. The van der Waals surface area contributed by atoms with Gasteiger partial charge in [0.15, 0.2) is 5.96 Å². The fourth-order valence-electron chi connectivity index (χ4n) is 4.80. The molecule has 0 bridgehead atoms. The Labute approximate surface area is 150 Å². The summed E-state index contributed by atoms with van der Waals surface area (Å²) in [6.45, 7) is 6.09. The quantitative estimate of drug-likeness (QED) is 0.614. The van der Waals surface area contributed by atoms with Gasteiger partial charge in [0, 0.05) is 43.0 Å². The third-order valence-electron chi connectivity index (χ3n) is 6.53. The Morgan fingerprint density at radius 1 is 1.44 bits per heavy atom. The van der Waals surface area contributed by atoms with E-state index in [1.807, 2.05) is 12.1 Å². The summed E-state index contributed by atoms with van der Waals surface area (Å²) in [6, 6.07) is 4.89. The lowest BCUT2D eigenvalue weighted by atomic mass is 9.46. The van der Waals surface area contributed by atoms with Gasteiger partial charge in [0.05, 0.1) is 12.4 Å². The predicted molar refractivity (Wildman–Crippen MR) is 98.7 cm³/mol. The molecule has 0 aromatic carbocycles. The van der Waals surface area contributed by atoms with Crippen molar-refractivity contribution in [2.75, 3.05) is 13.2 Å². The number of nitrogens with one attached hydrogen (secondary N) is 2. The highest BCUT2D eigenvalue weighted by atomic mass is 16.5. The van der Waals surface area contributed by atoms with E-state index in [0.29, 0.717) is 29.5 Å². The summed E-state index contributed by atoms with van der Waals surface area (Å²) >= 11 is 0. The standard InChI is InChI=1S/C20H31N3O2/c1-3-14(2)22-19(21-11-7-15-6-4-12-24-15)23-17-16-8-13-25-18(16)20(17)9-5-10-20/h4,6,12,14,16-18H,3,5,7-11,13H2,1-2H3,(H2,21,22,23). The van der Waals surface area contributed by atoms with E-state index in [0.717, 1.165) is 37.7 Å². The van der Waals surface area contributed by atoms with Crippen molar-refractivity contribution in [3.05, 3.63) is 24.2 Å². The van der Waals surface area contributed by atoms with Crippen LogP contribution in [0.3, 0.4) is 0 Å². The predicted octanol–water partition coefficient (Wildman–Crippen LogP) is 3.11. The van der Waals surface area contributed by atoms with E-state index in [-0.39, 0.29) is 0 Å². The minimum Gasteiger partial charge on any atom is -0.469 e. The lowest BCUT2D eigenvalue weighted by Crippen LogP contribution is -2.72. The van der Waals surface area contributed by atoms with Crippen molar-refractivity contribution in [1.29, 1.82) is 0 Å².